The van der Waals surface area contributed by atoms with Crippen molar-refractivity contribution in [3.8, 4) is 0 Å². The van der Waals surface area contributed by atoms with Crippen LogP contribution in [-0.2, 0) is 9.59 Å². The Kier molecular flexibility index (Phi) is 6.71. The Morgan fingerprint density at radius 1 is 1.12 bits per heavy atom. The van der Waals surface area contributed by atoms with Crippen molar-refractivity contribution in [2.24, 2.45) is 11.8 Å². The molecule has 6 heteroatoms. The van der Waals surface area contributed by atoms with E-state index in [9.17, 15) is 9.59 Å². The van der Waals surface area contributed by atoms with Gasteiger partial charge < -0.3 is 15.1 Å². The average molecular weight is 366 g/mol. The van der Waals surface area contributed by atoms with Crippen LogP contribution in [-0.4, -0.2) is 42.9 Å². The van der Waals surface area contributed by atoms with Crippen LogP contribution in [0.1, 0.15) is 34.1 Å². The number of carbonyl (C=O) groups is 2. The van der Waals surface area contributed by atoms with Crippen molar-refractivity contribution < 1.29 is 9.59 Å². The Labute approximate surface area is 155 Å². The van der Waals surface area contributed by atoms with Crippen LogP contribution >= 0.6 is 11.6 Å². The molecular formula is C19H28ClN3O2. The highest BCUT2D eigenvalue weighted by Gasteiger charge is 2.24. The van der Waals surface area contributed by atoms with E-state index < -0.39 is 0 Å². The van der Waals surface area contributed by atoms with Crippen LogP contribution in [0.3, 0.4) is 0 Å². The van der Waals surface area contributed by atoms with Gasteiger partial charge in [0.15, 0.2) is 0 Å². The minimum atomic E-state index is -0.00728. The number of hydrogen-bond donors (Lipinski definition) is 1. The van der Waals surface area contributed by atoms with Crippen LogP contribution in [0, 0.1) is 11.8 Å². The van der Waals surface area contributed by atoms with Crippen LogP contribution in [0.15, 0.2) is 18.2 Å². The third-order valence-corrected chi connectivity index (χ3v) is 4.49. The van der Waals surface area contributed by atoms with Gasteiger partial charge in [-0.1, -0.05) is 39.3 Å². The summed E-state index contributed by atoms with van der Waals surface area (Å²) in [6.07, 6.45) is 0.475. The van der Waals surface area contributed by atoms with Crippen LogP contribution in [0.4, 0.5) is 11.4 Å². The van der Waals surface area contributed by atoms with Gasteiger partial charge in [0.2, 0.25) is 11.8 Å². The molecule has 2 amide bonds. The summed E-state index contributed by atoms with van der Waals surface area (Å²) in [6, 6.07) is 5.56. The molecule has 0 unspecified atom stereocenters. The van der Waals surface area contributed by atoms with E-state index in [1.165, 1.54) is 0 Å². The van der Waals surface area contributed by atoms with Gasteiger partial charge in [-0.15, -0.1) is 0 Å². The maximum atomic E-state index is 12.2. The zero-order valence-corrected chi connectivity index (χ0v) is 16.3. The predicted molar refractivity (Wildman–Crippen MR) is 103 cm³/mol. The first-order valence-electron chi connectivity index (χ1n) is 8.91. The van der Waals surface area contributed by atoms with Gasteiger partial charge >= 0.3 is 0 Å². The molecular weight excluding hydrogens is 338 g/mol. The SMILES string of the molecule is CC(C)CC(=O)Nc1cc(Cl)ccc1N1CCN(C(=O)C(C)C)CC1. The van der Waals surface area contributed by atoms with Gasteiger partial charge in [-0.2, -0.15) is 0 Å². The first-order valence-corrected chi connectivity index (χ1v) is 9.29. The van der Waals surface area contributed by atoms with E-state index in [0.29, 0.717) is 30.5 Å². The van der Waals surface area contributed by atoms with E-state index >= 15 is 0 Å². The lowest BCUT2D eigenvalue weighted by Gasteiger charge is -2.37. The summed E-state index contributed by atoms with van der Waals surface area (Å²) in [5.41, 5.74) is 1.69. The van der Waals surface area contributed by atoms with Crippen LogP contribution in [0.25, 0.3) is 0 Å². The third kappa shape index (κ3) is 5.36. The van der Waals surface area contributed by atoms with Crippen molar-refractivity contribution in [3.63, 3.8) is 0 Å². The van der Waals surface area contributed by atoms with Crippen LogP contribution in [0.2, 0.25) is 5.02 Å². The summed E-state index contributed by atoms with van der Waals surface area (Å²) in [5, 5.41) is 3.58. The number of nitrogens with one attached hydrogen (secondary N) is 1. The Morgan fingerprint density at radius 2 is 1.76 bits per heavy atom. The quantitative estimate of drug-likeness (QED) is 0.866. The fraction of sp³-hybridized carbons (Fsp3) is 0.579. The average Bonchev–Trinajstić information content (AvgIpc) is 2.53. The molecule has 0 aromatic heterocycles. The largest absolute Gasteiger partial charge is 0.366 e. The van der Waals surface area contributed by atoms with E-state index in [0.717, 1.165) is 24.5 Å². The topological polar surface area (TPSA) is 52.7 Å². The number of benzene rings is 1. The molecule has 1 aromatic carbocycles. The highest BCUT2D eigenvalue weighted by Crippen LogP contribution is 2.30. The van der Waals surface area contributed by atoms with Crippen molar-refractivity contribution in [1.29, 1.82) is 0 Å². The molecule has 1 fully saturated rings. The van der Waals surface area contributed by atoms with Crippen molar-refractivity contribution in [2.75, 3.05) is 36.4 Å². The van der Waals surface area contributed by atoms with Crippen molar-refractivity contribution in [3.05, 3.63) is 23.2 Å². The molecule has 0 atom stereocenters. The maximum absolute atomic E-state index is 12.2. The summed E-state index contributed by atoms with van der Waals surface area (Å²) >= 11 is 6.12. The van der Waals surface area contributed by atoms with Crippen LogP contribution < -0.4 is 10.2 Å². The lowest BCUT2D eigenvalue weighted by atomic mass is 10.1. The third-order valence-electron chi connectivity index (χ3n) is 4.25. The molecule has 0 spiro atoms. The Bertz CT molecular complexity index is 623. The molecule has 25 heavy (non-hydrogen) atoms. The second kappa shape index (κ2) is 8.56. The molecule has 1 aliphatic rings. The van der Waals surface area contributed by atoms with E-state index in [1.54, 1.807) is 6.07 Å². The molecule has 1 saturated heterocycles. The number of piperazine rings is 1. The highest BCUT2D eigenvalue weighted by molar-refractivity contribution is 6.31. The van der Waals surface area contributed by atoms with E-state index in [2.05, 4.69) is 10.2 Å². The fourth-order valence-corrected chi connectivity index (χ4v) is 3.16. The molecule has 1 aliphatic heterocycles. The smallest absolute Gasteiger partial charge is 0.225 e. The van der Waals surface area contributed by atoms with E-state index in [4.69, 9.17) is 11.6 Å². The van der Waals surface area contributed by atoms with Crippen molar-refractivity contribution in [2.45, 2.75) is 34.1 Å². The molecule has 2 rings (SSSR count). The van der Waals surface area contributed by atoms with Gasteiger partial charge in [-0.25, -0.2) is 0 Å². The van der Waals surface area contributed by atoms with Crippen molar-refractivity contribution >= 4 is 34.8 Å². The van der Waals surface area contributed by atoms with E-state index in [-0.39, 0.29) is 17.7 Å². The number of nitrogens with zero attached hydrogens (tertiary/aromatic N) is 2. The molecule has 1 aromatic rings. The van der Waals surface area contributed by atoms with Gasteiger partial charge in [0.1, 0.15) is 0 Å². The van der Waals surface area contributed by atoms with Gasteiger partial charge in [0, 0.05) is 43.5 Å². The zero-order valence-electron chi connectivity index (χ0n) is 15.5. The summed E-state index contributed by atoms with van der Waals surface area (Å²) in [4.78, 5) is 28.4. The highest BCUT2D eigenvalue weighted by atomic mass is 35.5. The van der Waals surface area contributed by atoms with Crippen molar-refractivity contribution in [1.82, 2.24) is 4.90 Å². The summed E-state index contributed by atoms with van der Waals surface area (Å²) in [6.45, 7) is 10.8. The van der Waals surface area contributed by atoms with Gasteiger partial charge in [-0.3, -0.25) is 9.59 Å². The summed E-state index contributed by atoms with van der Waals surface area (Å²) < 4.78 is 0. The minimum Gasteiger partial charge on any atom is -0.366 e. The summed E-state index contributed by atoms with van der Waals surface area (Å²) in [7, 11) is 0. The number of anilines is 2. The number of rotatable bonds is 5. The first kappa shape index (κ1) is 19.6. The lowest BCUT2D eigenvalue weighted by molar-refractivity contribution is -0.134. The molecule has 5 nitrogen and oxygen atoms in total. The molecule has 0 radical (unpaired) electrons. The molecule has 1 N–H and O–H groups in total. The fourth-order valence-electron chi connectivity index (χ4n) is 2.99. The van der Waals surface area contributed by atoms with E-state index in [1.807, 2.05) is 44.7 Å². The number of amides is 2. The standard InChI is InChI=1S/C19H28ClN3O2/c1-13(2)11-18(24)21-16-12-15(20)5-6-17(16)22-7-9-23(10-8-22)19(25)14(3)4/h5-6,12-14H,7-11H2,1-4H3,(H,21,24). The number of halogens is 1. The minimum absolute atomic E-state index is 0.00728. The molecule has 0 bridgehead atoms. The molecule has 1 heterocycles. The first-order chi connectivity index (χ1) is 11.8. The van der Waals surface area contributed by atoms with Crippen LogP contribution in [0.5, 0.6) is 0 Å². The second-order valence-corrected chi connectivity index (χ2v) is 7.71. The summed E-state index contributed by atoms with van der Waals surface area (Å²) in [5.74, 6) is 0.509. The second-order valence-electron chi connectivity index (χ2n) is 7.27. The number of hydrogen-bond acceptors (Lipinski definition) is 3. The monoisotopic (exact) mass is 365 g/mol. The molecule has 138 valence electrons. The van der Waals surface area contributed by atoms with Gasteiger partial charge in [-0.05, 0) is 24.1 Å². The molecule has 0 aliphatic carbocycles. The van der Waals surface area contributed by atoms with Gasteiger partial charge in [0.05, 0.1) is 11.4 Å². The maximum Gasteiger partial charge on any atom is 0.225 e. The van der Waals surface area contributed by atoms with Gasteiger partial charge in [0.25, 0.3) is 0 Å². The Morgan fingerprint density at radius 3 is 2.32 bits per heavy atom. The molecule has 0 saturated carbocycles. The number of carbonyl (C=O) groups excluding carboxylic acids is 2. The normalized spacial score (nSPS) is 15.0. The lowest BCUT2D eigenvalue weighted by Crippen LogP contribution is -2.50. The Hall–Kier alpha value is -1.75. The predicted octanol–water partition coefficient (Wildman–Crippen LogP) is 3.63. The zero-order chi connectivity index (χ0) is 18.6. The Balaban J connectivity index is 2.09.